The summed E-state index contributed by atoms with van der Waals surface area (Å²) in [6.07, 6.45) is -2.87. The van der Waals surface area contributed by atoms with E-state index in [0.29, 0.717) is 16.5 Å². The van der Waals surface area contributed by atoms with Gasteiger partial charge in [-0.25, -0.2) is 0 Å². The van der Waals surface area contributed by atoms with Crippen LogP contribution in [0.5, 0.6) is 0 Å². The lowest BCUT2D eigenvalue weighted by Crippen LogP contribution is -2.36. The van der Waals surface area contributed by atoms with Crippen LogP contribution in [0.25, 0.3) is 10.9 Å². The Labute approximate surface area is 171 Å². The fraction of sp³-hybridized carbons (Fsp3) is 0.304. The summed E-state index contributed by atoms with van der Waals surface area (Å²) in [7, 11) is 1.64. The van der Waals surface area contributed by atoms with Gasteiger partial charge in [0.2, 0.25) is 0 Å². The van der Waals surface area contributed by atoms with E-state index in [-0.39, 0.29) is 23.1 Å². The van der Waals surface area contributed by atoms with Gasteiger partial charge in [-0.15, -0.1) is 0 Å². The molecule has 1 atom stereocenters. The lowest BCUT2D eigenvalue weighted by atomic mass is 10.0. The molecule has 1 unspecified atom stereocenters. The number of hydrogen-bond donors (Lipinski definition) is 0. The third-order valence-corrected chi connectivity index (χ3v) is 5.67. The van der Waals surface area contributed by atoms with Crippen molar-refractivity contribution >= 4 is 16.8 Å². The first-order valence-electron chi connectivity index (χ1n) is 9.77. The Hall–Kier alpha value is -3.09. The minimum atomic E-state index is -4.45. The first-order valence-corrected chi connectivity index (χ1v) is 9.77. The fourth-order valence-electron chi connectivity index (χ4n) is 3.87. The molecular formula is C23H21F3N2O2. The van der Waals surface area contributed by atoms with Gasteiger partial charge in [-0.3, -0.25) is 9.59 Å². The van der Waals surface area contributed by atoms with Crippen molar-refractivity contribution in [3.05, 3.63) is 81.6 Å². The molecule has 4 nitrogen and oxygen atoms in total. The van der Waals surface area contributed by atoms with E-state index in [0.717, 1.165) is 25.0 Å². The van der Waals surface area contributed by atoms with Gasteiger partial charge in [0.05, 0.1) is 22.7 Å². The van der Waals surface area contributed by atoms with E-state index in [1.165, 1.54) is 16.7 Å². The number of amides is 1. The number of pyridine rings is 1. The number of para-hydroxylation sites is 1. The largest absolute Gasteiger partial charge is 0.416 e. The summed E-state index contributed by atoms with van der Waals surface area (Å²) in [4.78, 5) is 27.6. The molecule has 4 rings (SSSR count). The predicted molar refractivity (Wildman–Crippen MR) is 108 cm³/mol. The summed E-state index contributed by atoms with van der Waals surface area (Å²) >= 11 is 0. The number of carbonyl (C=O) groups is 1. The summed E-state index contributed by atoms with van der Waals surface area (Å²) in [5.74, 6) is -0.337. The maximum absolute atomic E-state index is 13.6. The van der Waals surface area contributed by atoms with Crippen LogP contribution in [0, 0.1) is 0 Å². The van der Waals surface area contributed by atoms with Gasteiger partial charge in [-0.2, -0.15) is 13.2 Å². The average molecular weight is 414 g/mol. The number of rotatable bonds is 4. The molecule has 3 aromatic rings. The Bertz CT molecular complexity index is 1180. The van der Waals surface area contributed by atoms with E-state index in [9.17, 15) is 22.8 Å². The third-order valence-electron chi connectivity index (χ3n) is 5.67. The highest BCUT2D eigenvalue weighted by Crippen LogP contribution is 2.38. The van der Waals surface area contributed by atoms with Gasteiger partial charge in [0.15, 0.2) is 0 Å². The molecule has 2 aromatic carbocycles. The Morgan fingerprint density at radius 3 is 2.47 bits per heavy atom. The Morgan fingerprint density at radius 1 is 1.10 bits per heavy atom. The Balaban J connectivity index is 1.78. The number of halogens is 3. The van der Waals surface area contributed by atoms with Crippen LogP contribution >= 0.6 is 0 Å². The minimum absolute atomic E-state index is 0.0511. The van der Waals surface area contributed by atoms with E-state index >= 15 is 0 Å². The molecule has 1 heterocycles. The van der Waals surface area contributed by atoms with Crippen LogP contribution in [0.2, 0.25) is 0 Å². The number of alkyl halides is 3. The number of aryl methyl sites for hydroxylation is 1. The predicted octanol–water partition coefficient (Wildman–Crippen LogP) is 4.92. The molecule has 0 bridgehead atoms. The van der Waals surface area contributed by atoms with Crippen molar-refractivity contribution in [1.29, 1.82) is 0 Å². The number of nitrogens with zero attached hydrogens (tertiary/aromatic N) is 2. The van der Waals surface area contributed by atoms with E-state index in [4.69, 9.17) is 0 Å². The van der Waals surface area contributed by atoms with Crippen molar-refractivity contribution in [3.63, 3.8) is 0 Å². The molecule has 30 heavy (non-hydrogen) atoms. The molecule has 1 aromatic heterocycles. The molecule has 1 fully saturated rings. The summed E-state index contributed by atoms with van der Waals surface area (Å²) in [5.41, 5.74) is 0.280. The van der Waals surface area contributed by atoms with Gasteiger partial charge in [0, 0.05) is 24.5 Å². The first-order chi connectivity index (χ1) is 14.2. The van der Waals surface area contributed by atoms with Gasteiger partial charge >= 0.3 is 6.18 Å². The highest BCUT2D eigenvalue weighted by atomic mass is 19.4. The van der Waals surface area contributed by atoms with Crippen LogP contribution in [0.1, 0.15) is 47.3 Å². The van der Waals surface area contributed by atoms with Gasteiger partial charge in [0.25, 0.3) is 11.5 Å². The van der Waals surface area contributed by atoms with Crippen LogP contribution in [0.15, 0.2) is 59.4 Å². The van der Waals surface area contributed by atoms with Crippen molar-refractivity contribution in [2.45, 2.75) is 38.0 Å². The molecule has 0 N–H and O–H groups in total. The second-order valence-electron chi connectivity index (χ2n) is 7.72. The van der Waals surface area contributed by atoms with Crippen molar-refractivity contribution in [3.8, 4) is 0 Å². The van der Waals surface area contributed by atoms with Crippen LogP contribution in [-0.2, 0) is 13.2 Å². The Morgan fingerprint density at radius 2 is 1.80 bits per heavy atom. The number of hydrogen-bond acceptors (Lipinski definition) is 2. The number of carbonyl (C=O) groups excluding carboxylic acids is 1. The van der Waals surface area contributed by atoms with Gasteiger partial charge < -0.3 is 9.47 Å². The van der Waals surface area contributed by atoms with Crippen molar-refractivity contribution in [2.24, 2.45) is 7.05 Å². The molecule has 0 spiro atoms. The van der Waals surface area contributed by atoms with E-state index in [1.807, 2.05) is 0 Å². The minimum Gasteiger partial charge on any atom is -0.329 e. The number of benzene rings is 2. The van der Waals surface area contributed by atoms with Crippen LogP contribution < -0.4 is 5.56 Å². The third kappa shape index (κ3) is 3.60. The van der Waals surface area contributed by atoms with E-state index in [1.54, 1.807) is 49.2 Å². The fourth-order valence-corrected chi connectivity index (χ4v) is 3.87. The van der Waals surface area contributed by atoms with Crippen LogP contribution in [0.4, 0.5) is 13.2 Å². The van der Waals surface area contributed by atoms with E-state index in [2.05, 4.69) is 0 Å². The zero-order valence-electron chi connectivity index (χ0n) is 16.6. The molecule has 1 aliphatic carbocycles. The lowest BCUT2D eigenvalue weighted by Gasteiger charge is -2.30. The molecule has 1 amide bonds. The summed E-state index contributed by atoms with van der Waals surface area (Å²) < 4.78 is 41.0. The van der Waals surface area contributed by atoms with Crippen molar-refractivity contribution in [1.82, 2.24) is 9.47 Å². The smallest absolute Gasteiger partial charge is 0.329 e. The SMILES string of the molecule is CC(c1cccc(C(F)(F)F)c1)N(C(=O)c1cc(=O)n(C)c2ccccc12)C1CC1. The average Bonchev–Trinajstić information content (AvgIpc) is 3.55. The highest BCUT2D eigenvalue weighted by molar-refractivity contribution is 6.06. The zero-order chi connectivity index (χ0) is 21.6. The topological polar surface area (TPSA) is 42.3 Å². The van der Waals surface area contributed by atoms with Gasteiger partial charge in [-0.05, 0) is 43.5 Å². The second-order valence-corrected chi connectivity index (χ2v) is 7.72. The van der Waals surface area contributed by atoms with Crippen LogP contribution in [-0.4, -0.2) is 21.4 Å². The highest BCUT2D eigenvalue weighted by Gasteiger charge is 2.38. The number of aromatic nitrogens is 1. The molecule has 0 saturated heterocycles. The quantitative estimate of drug-likeness (QED) is 0.608. The summed E-state index contributed by atoms with van der Waals surface area (Å²) in [6, 6.07) is 12.9. The molecule has 1 saturated carbocycles. The number of fused-ring (bicyclic) bond motifs is 1. The summed E-state index contributed by atoms with van der Waals surface area (Å²) in [5, 5.41) is 0.645. The second kappa shape index (κ2) is 7.31. The molecule has 7 heteroatoms. The maximum atomic E-state index is 13.6. The lowest BCUT2D eigenvalue weighted by molar-refractivity contribution is -0.137. The van der Waals surface area contributed by atoms with Gasteiger partial charge in [-0.1, -0.05) is 30.3 Å². The van der Waals surface area contributed by atoms with Crippen molar-refractivity contribution in [2.75, 3.05) is 0 Å². The molecule has 1 aliphatic rings. The van der Waals surface area contributed by atoms with Gasteiger partial charge in [0.1, 0.15) is 0 Å². The molecular weight excluding hydrogens is 393 g/mol. The molecule has 156 valence electrons. The zero-order valence-corrected chi connectivity index (χ0v) is 16.6. The standard InChI is InChI=1S/C23H21F3N2O2/c1-14(15-6-5-7-16(12-15)23(24,25)26)28(17-10-11-17)22(30)19-13-21(29)27(2)20-9-4-3-8-18(19)20/h3-9,12-14,17H,10-11H2,1-2H3. The normalized spacial score (nSPS) is 15.2. The van der Waals surface area contributed by atoms with E-state index < -0.39 is 17.8 Å². The summed E-state index contributed by atoms with van der Waals surface area (Å²) in [6.45, 7) is 1.73. The van der Waals surface area contributed by atoms with Crippen LogP contribution in [0.3, 0.4) is 0 Å². The Kier molecular flexibility index (Phi) is 4.92. The monoisotopic (exact) mass is 414 g/mol. The molecule has 0 aliphatic heterocycles. The first kappa shape index (κ1) is 20.2. The van der Waals surface area contributed by atoms with Crippen molar-refractivity contribution < 1.29 is 18.0 Å². The maximum Gasteiger partial charge on any atom is 0.416 e. The molecule has 0 radical (unpaired) electrons.